The van der Waals surface area contributed by atoms with Gasteiger partial charge in [-0.25, -0.2) is 12.8 Å². The Bertz CT molecular complexity index is 868. The van der Waals surface area contributed by atoms with Crippen molar-refractivity contribution in [2.75, 3.05) is 38.2 Å². The Hall–Kier alpha value is -1.83. The number of hydrogen-bond acceptors (Lipinski definition) is 4. The van der Waals surface area contributed by atoms with E-state index in [4.69, 9.17) is 16.3 Å². The van der Waals surface area contributed by atoms with Crippen LogP contribution in [0.2, 0.25) is 5.02 Å². The summed E-state index contributed by atoms with van der Waals surface area (Å²) in [5.41, 5.74) is 0.754. The Labute approximate surface area is 151 Å². The maximum absolute atomic E-state index is 13.4. The summed E-state index contributed by atoms with van der Waals surface area (Å²) in [4.78, 5) is 2.10. The van der Waals surface area contributed by atoms with Gasteiger partial charge in [0.25, 0.3) is 0 Å². The zero-order valence-electron chi connectivity index (χ0n) is 13.7. The highest BCUT2D eigenvalue weighted by Gasteiger charge is 2.29. The Morgan fingerprint density at radius 3 is 2.40 bits per heavy atom. The Balaban J connectivity index is 1.74. The molecule has 134 valence electrons. The molecule has 0 amide bonds. The van der Waals surface area contributed by atoms with Gasteiger partial charge in [-0.1, -0.05) is 17.7 Å². The SMILES string of the molecule is COc1ccc(S(=O)(=O)N2CCN(c3cccc(F)c3)CC2)cc1Cl. The number of rotatable bonds is 4. The van der Waals surface area contributed by atoms with Crippen molar-refractivity contribution in [1.29, 1.82) is 0 Å². The van der Waals surface area contributed by atoms with Crippen molar-refractivity contribution in [2.45, 2.75) is 4.90 Å². The van der Waals surface area contributed by atoms with Gasteiger partial charge in [-0.05, 0) is 36.4 Å². The van der Waals surface area contributed by atoms with Crippen LogP contribution in [0.3, 0.4) is 0 Å². The standard InChI is InChI=1S/C17H18ClFN2O3S/c1-24-17-6-5-15(12-16(17)18)25(22,23)21-9-7-20(8-10-21)14-4-2-3-13(19)11-14/h2-6,11-12H,7-10H2,1H3. The summed E-state index contributed by atoms with van der Waals surface area (Å²) in [6, 6.07) is 10.7. The Kier molecular flexibility index (Phi) is 5.17. The van der Waals surface area contributed by atoms with E-state index in [2.05, 4.69) is 0 Å². The maximum atomic E-state index is 13.4. The molecule has 0 saturated carbocycles. The maximum Gasteiger partial charge on any atom is 0.243 e. The first kappa shape index (κ1) is 18.0. The fourth-order valence-corrected chi connectivity index (χ4v) is 4.59. The summed E-state index contributed by atoms with van der Waals surface area (Å²) >= 11 is 6.04. The van der Waals surface area contributed by atoms with Crippen molar-refractivity contribution >= 4 is 27.3 Å². The van der Waals surface area contributed by atoms with Gasteiger partial charge in [0, 0.05) is 31.9 Å². The van der Waals surface area contributed by atoms with Crippen LogP contribution in [0, 0.1) is 5.82 Å². The van der Waals surface area contributed by atoms with Crippen molar-refractivity contribution in [1.82, 2.24) is 4.31 Å². The zero-order chi connectivity index (χ0) is 18.0. The van der Waals surface area contributed by atoms with Crippen LogP contribution in [0.4, 0.5) is 10.1 Å². The minimum Gasteiger partial charge on any atom is -0.495 e. The molecule has 0 unspecified atom stereocenters. The van der Waals surface area contributed by atoms with Crippen LogP contribution in [-0.4, -0.2) is 46.0 Å². The first-order valence-electron chi connectivity index (χ1n) is 7.76. The fourth-order valence-electron chi connectivity index (χ4n) is 2.82. The number of benzene rings is 2. The molecule has 1 aliphatic rings. The molecular formula is C17H18ClFN2O3S. The van der Waals surface area contributed by atoms with E-state index in [9.17, 15) is 12.8 Å². The average Bonchev–Trinajstić information content (AvgIpc) is 2.61. The molecule has 3 rings (SSSR count). The molecule has 5 nitrogen and oxygen atoms in total. The van der Waals surface area contributed by atoms with Crippen LogP contribution in [0.15, 0.2) is 47.4 Å². The number of nitrogens with zero attached hydrogens (tertiary/aromatic N) is 2. The molecule has 0 aliphatic carbocycles. The highest BCUT2D eigenvalue weighted by Crippen LogP contribution is 2.29. The monoisotopic (exact) mass is 384 g/mol. The molecule has 0 atom stereocenters. The van der Waals surface area contributed by atoms with Crippen LogP contribution in [0.1, 0.15) is 0 Å². The number of ether oxygens (including phenoxy) is 1. The number of methoxy groups -OCH3 is 1. The number of halogens is 2. The Morgan fingerprint density at radius 2 is 1.80 bits per heavy atom. The van der Waals surface area contributed by atoms with Gasteiger partial charge in [-0.2, -0.15) is 4.31 Å². The second kappa shape index (κ2) is 7.19. The highest BCUT2D eigenvalue weighted by molar-refractivity contribution is 7.89. The summed E-state index contributed by atoms with van der Waals surface area (Å²) < 4.78 is 45.4. The molecule has 1 saturated heterocycles. The first-order valence-corrected chi connectivity index (χ1v) is 9.58. The number of anilines is 1. The first-order chi connectivity index (χ1) is 11.9. The van der Waals surface area contributed by atoms with Crippen molar-refractivity contribution in [3.05, 3.63) is 53.3 Å². The largest absolute Gasteiger partial charge is 0.495 e. The fraction of sp³-hybridized carbons (Fsp3) is 0.294. The smallest absolute Gasteiger partial charge is 0.243 e. The third-order valence-corrected chi connectivity index (χ3v) is 6.36. The summed E-state index contributed by atoms with van der Waals surface area (Å²) in [7, 11) is -2.16. The molecule has 1 heterocycles. The third-order valence-electron chi connectivity index (χ3n) is 4.17. The highest BCUT2D eigenvalue weighted by atomic mass is 35.5. The minimum absolute atomic E-state index is 0.137. The van der Waals surface area contributed by atoms with E-state index in [1.54, 1.807) is 6.07 Å². The van der Waals surface area contributed by atoms with Crippen LogP contribution >= 0.6 is 11.6 Å². The zero-order valence-corrected chi connectivity index (χ0v) is 15.2. The van der Waals surface area contributed by atoms with Gasteiger partial charge in [0.05, 0.1) is 17.0 Å². The van der Waals surface area contributed by atoms with Crippen LogP contribution < -0.4 is 9.64 Å². The summed E-state index contributed by atoms with van der Waals surface area (Å²) in [6.45, 7) is 1.63. The van der Waals surface area contributed by atoms with Crippen molar-refractivity contribution in [3.63, 3.8) is 0 Å². The normalized spacial score (nSPS) is 16.0. The van der Waals surface area contributed by atoms with Crippen LogP contribution in [0.5, 0.6) is 5.75 Å². The topological polar surface area (TPSA) is 49.9 Å². The lowest BCUT2D eigenvalue weighted by Crippen LogP contribution is -2.48. The number of sulfonamides is 1. The Morgan fingerprint density at radius 1 is 1.08 bits per heavy atom. The van der Waals surface area contributed by atoms with Crippen molar-refractivity contribution in [3.8, 4) is 5.75 Å². The third kappa shape index (κ3) is 3.73. The lowest BCUT2D eigenvalue weighted by molar-refractivity contribution is 0.384. The minimum atomic E-state index is -3.63. The van der Waals surface area contributed by atoms with Gasteiger partial charge in [-0.3, -0.25) is 0 Å². The molecule has 0 spiro atoms. The second-order valence-electron chi connectivity index (χ2n) is 5.67. The van der Waals surface area contributed by atoms with Crippen molar-refractivity contribution < 1.29 is 17.5 Å². The van der Waals surface area contributed by atoms with Crippen LogP contribution in [-0.2, 0) is 10.0 Å². The van der Waals surface area contributed by atoms with Gasteiger partial charge in [0.1, 0.15) is 11.6 Å². The molecule has 2 aromatic carbocycles. The molecular weight excluding hydrogens is 367 g/mol. The van der Waals surface area contributed by atoms with E-state index in [0.29, 0.717) is 31.9 Å². The van der Waals surface area contributed by atoms with Gasteiger partial charge < -0.3 is 9.64 Å². The number of piperazine rings is 1. The molecule has 1 fully saturated rings. The van der Waals surface area contributed by atoms with Crippen molar-refractivity contribution in [2.24, 2.45) is 0 Å². The van der Waals surface area contributed by atoms with E-state index in [0.717, 1.165) is 5.69 Å². The van der Waals surface area contributed by atoms with E-state index in [-0.39, 0.29) is 15.7 Å². The molecule has 0 radical (unpaired) electrons. The molecule has 1 aliphatic heterocycles. The van der Waals surface area contributed by atoms with Gasteiger partial charge in [0.15, 0.2) is 0 Å². The molecule has 8 heteroatoms. The summed E-state index contributed by atoms with van der Waals surface area (Å²) in [6.07, 6.45) is 0. The van der Waals surface area contributed by atoms with Gasteiger partial charge in [-0.15, -0.1) is 0 Å². The molecule has 0 bridgehead atoms. The van der Waals surface area contributed by atoms with E-state index < -0.39 is 10.0 Å². The molecule has 2 aromatic rings. The lowest BCUT2D eigenvalue weighted by Gasteiger charge is -2.35. The predicted molar refractivity (Wildman–Crippen MR) is 95.4 cm³/mol. The summed E-state index contributed by atoms with van der Waals surface area (Å²) in [5.74, 6) is 0.122. The lowest BCUT2D eigenvalue weighted by atomic mass is 10.2. The second-order valence-corrected chi connectivity index (χ2v) is 8.01. The quantitative estimate of drug-likeness (QED) is 0.813. The molecule has 25 heavy (non-hydrogen) atoms. The van der Waals surface area contributed by atoms with Gasteiger partial charge >= 0.3 is 0 Å². The average molecular weight is 385 g/mol. The number of hydrogen-bond donors (Lipinski definition) is 0. The van der Waals surface area contributed by atoms with E-state index >= 15 is 0 Å². The molecule has 0 N–H and O–H groups in total. The van der Waals surface area contributed by atoms with Crippen LogP contribution in [0.25, 0.3) is 0 Å². The van der Waals surface area contributed by atoms with E-state index in [1.165, 1.54) is 41.7 Å². The van der Waals surface area contributed by atoms with E-state index in [1.807, 2.05) is 11.0 Å². The predicted octanol–water partition coefficient (Wildman–Crippen LogP) is 3.00. The summed E-state index contributed by atoms with van der Waals surface area (Å²) in [5, 5.41) is 0.252. The van der Waals surface area contributed by atoms with Gasteiger partial charge in [0.2, 0.25) is 10.0 Å². The molecule has 0 aromatic heterocycles.